The summed E-state index contributed by atoms with van der Waals surface area (Å²) in [5.74, 6) is -0.345. The smallest absolute Gasteiger partial charge is 0.270 e. The minimum atomic E-state index is -0.265. The number of anilines is 2. The van der Waals surface area contributed by atoms with Crippen molar-refractivity contribution in [3.8, 4) is 6.07 Å². The fourth-order valence-corrected chi connectivity index (χ4v) is 6.92. The second-order valence-electron chi connectivity index (χ2n) is 12.3. The molecule has 3 heterocycles. The fourth-order valence-electron chi connectivity index (χ4n) is 6.92. The molecule has 2 amide bonds. The number of hydrogen-bond donors (Lipinski definition) is 1. The number of piperazine rings is 1. The molecule has 2 unspecified atom stereocenters. The lowest BCUT2D eigenvalue weighted by molar-refractivity contribution is -0.128. The van der Waals surface area contributed by atoms with E-state index in [0.717, 1.165) is 35.5 Å². The monoisotopic (exact) mass is 593 g/mol. The Hall–Kier alpha value is -4.42. The van der Waals surface area contributed by atoms with Crippen molar-refractivity contribution in [3.63, 3.8) is 0 Å². The highest BCUT2D eigenvalue weighted by atomic mass is 16.2. The van der Waals surface area contributed by atoms with Crippen molar-refractivity contribution in [1.29, 1.82) is 5.26 Å². The van der Waals surface area contributed by atoms with Crippen molar-refractivity contribution >= 4 is 34.0 Å². The molecule has 44 heavy (non-hydrogen) atoms. The first-order valence-electron chi connectivity index (χ1n) is 15.4. The van der Waals surface area contributed by atoms with E-state index in [1.54, 1.807) is 4.90 Å². The van der Waals surface area contributed by atoms with Crippen LogP contribution >= 0.6 is 0 Å². The van der Waals surface area contributed by atoms with Crippen LogP contribution in [0.3, 0.4) is 0 Å². The van der Waals surface area contributed by atoms with Gasteiger partial charge in [-0.05, 0) is 64.4 Å². The molecular weight excluding hydrogens is 550 g/mol. The largest absolute Gasteiger partial charge is 0.367 e. The third-order valence-electron chi connectivity index (χ3n) is 8.81. The number of rotatable bonds is 8. The van der Waals surface area contributed by atoms with Gasteiger partial charge < -0.3 is 24.9 Å². The Morgan fingerprint density at radius 2 is 1.91 bits per heavy atom. The van der Waals surface area contributed by atoms with Crippen LogP contribution < -0.4 is 15.1 Å². The van der Waals surface area contributed by atoms with Gasteiger partial charge in [-0.1, -0.05) is 36.9 Å². The normalized spacial score (nSPS) is 17.3. The molecule has 2 aliphatic rings. The van der Waals surface area contributed by atoms with Crippen molar-refractivity contribution in [3.05, 3.63) is 77.1 Å². The summed E-state index contributed by atoms with van der Waals surface area (Å²) in [6.07, 6.45) is 2.32. The van der Waals surface area contributed by atoms with Gasteiger partial charge in [-0.25, -0.2) is 4.98 Å². The van der Waals surface area contributed by atoms with Gasteiger partial charge in [0, 0.05) is 66.7 Å². The number of nitrogens with zero attached hydrogens (tertiary/aromatic N) is 6. The van der Waals surface area contributed by atoms with Crippen molar-refractivity contribution in [2.75, 3.05) is 56.6 Å². The van der Waals surface area contributed by atoms with Crippen molar-refractivity contribution < 1.29 is 9.59 Å². The summed E-state index contributed by atoms with van der Waals surface area (Å²) in [5.41, 5.74) is 6.73. The van der Waals surface area contributed by atoms with Crippen molar-refractivity contribution in [1.82, 2.24) is 20.1 Å². The second kappa shape index (κ2) is 13.1. The number of carbonyl (C=O) groups excluding carboxylic acids is 2. The summed E-state index contributed by atoms with van der Waals surface area (Å²) in [7, 11) is 3.97. The van der Waals surface area contributed by atoms with E-state index in [0.29, 0.717) is 38.4 Å². The van der Waals surface area contributed by atoms with Crippen LogP contribution in [0.15, 0.2) is 49.1 Å². The van der Waals surface area contributed by atoms with Gasteiger partial charge in [-0.2, -0.15) is 5.26 Å². The summed E-state index contributed by atoms with van der Waals surface area (Å²) in [6.45, 7) is 13.5. The van der Waals surface area contributed by atoms with Gasteiger partial charge >= 0.3 is 0 Å². The van der Waals surface area contributed by atoms with Crippen LogP contribution in [0.25, 0.3) is 10.8 Å². The summed E-state index contributed by atoms with van der Waals surface area (Å²) in [6, 6.07) is 14.8. The molecule has 0 bridgehead atoms. The number of likely N-dealkylation sites (N-methyl/N-ethyl adjacent to an activating group) is 1. The Kier molecular flexibility index (Phi) is 9.21. The molecule has 1 fully saturated rings. The predicted molar refractivity (Wildman–Crippen MR) is 176 cm³/mol. The van der Waals surface area contributed by atoms with E-state index in [1.807, 2.05) is 32.8 Å². The second-order valence-corrected chi connectivity index (χ2v) is 12.3. The van der Waals surface area contributed by atoms with Crippen LogP contribution in [0, 0.1) is 25.2 Å². The zero-order valence-corrected chi connectivity index (χ0v) is 26.6. The van der Waals surface area contributed by atoms with Crippen LogP contribution in [0.4, 0.5) is 11.4 Å². The fraction of sp³-hybridized carbons (Fsp3) is 0.429. The molecule has 0 saturated carbocycles. The molecule has 9 nitrogen and oxygen atoms in total. The first-order chi connectivity index (χ1) is 21.1. The number of nitrogens with one attached hydrogen (secondary N) is 1. The van der Waals surface area contributed by atoms with Gasteiger partial charge in [-0.3, -0.25) is 9.59 Å². The first-order valence-corrected chi connectivity index (χ1v) is 15.4. The number of nitriles is 1. The summed E-state index contributed by atoms with van der Waals surface area (Å²) in [4.78, 5) is 39.9. The lowest BCUT2D eigenvalue weighted by Crippen LogP contribution is -2.55. The number of aryl methyl sites for hydroxylation is 1. The number of amides is 2. The molecule has 2 atom stereocenters. The maximum Gasteiger partial charge on any atom is 0.270 e. The van der Waals surface area contributed by atoms with E-state index >= 15 is 0 Å². The zero-order chi connectivity index (χ0) is 31.5. The van der Waals surface area contributed by atoms with Crippen molar-refractivity contribution in [2.45, 2.75) is 52.2 Å². The minimum absolute atomic E-state index is 0.0539. The highest BCUT2D eigenvalue weighted by Crippen LogP contribution is 2.38. The van der Waals surface area contributed by atoms with Crippen LogP contribution in [-0.4, -0.2) is 85.5 Å². The molecule has 0 radical (unpaired) electrons. The third-order valence-corrected chi connectivity index (χ3v) is 8.81. The summed E-state index contributed by atoms with van der Waals surface area (Å²) < 4.78 is 0. The van der Waals surface area contributed by atoms with Gasteiger partial charge in [0.25, 0.3) is 5.91 Å². The van der Waals surface area contributed by atoms with Crippen molar-refractivity contribution in [2.24, 2.45) is 0 Å². The molecule has 3 aromatic rings. The highest BCUT2D eigenvalue weighted by molar-refractivity contribution is 5.98. The van der Waals surface area contributed by atoms with Gasteiger partial charge in [0.1, 0.15) is 5.69 Å². The van der Waals surface area contributed by atoms with Crippen LogP contribution in [-0.2, 0) is 17.8 Å². The Morgan fingerprint density at radius 1 is 1.16 bits per heavy atom. The Labute approximate surface area is 260 Å². The first kappa shape index (κ1) is 31.0. The number of aromatic nitrogens is 1. The average molecular weight is 594 g/mol. The maximum absolute atomic E-state index is 13.8. The molecule has 0 aliphatic carbocycles. The molecule has 9 heteroatoms. The minimum Gasteiger partial charge on any atom is -0.367 e. The van der Waals surface area contributed by atoms with Crippen LogP contribution in [0.5, 0.6) is 0 Å². The van der Waals surface area contributed by atoms with Gasteiger partial charge in [0.15, 0.2) is 0 Å². The molecule has 2 aliphatic heterocycles. The molecule has 1 aromatic heterocycles. The average Bonchev–Trinajstić information content (AvgIpc) is 2.99. The van der Waals surface area contributed by atoms with E-state index in [4.69, 9.17) is 4.98 Å². The summed E-state index contributed by atoms with van der Waals surface area (Å²) in [5, 5.41) is 15.2. The summed E-state index contributed by atoms with van der Waals surface area (Å²) >= 11 is 0. The quantitative estimate of drug-likeness (QED) is 0.391. The number of fused-ring (bicyclic) bond motifs is 2. The van der Waals surface area contributed by atoms with Gasteiger partial charge in [0.05, 0.1) is 30.8 Å². The Balaban J connectivity index is 1.57. The molecule has 0 spiro atoms. The van der Waals surface area contributed by atoms with E-state index in [-0.39, 0.29) is 30.3 Å². The number of pyridine rings is 1. The molecule has 1 N–H and O–H groups in total. The number of carbonyl (C=O) groups is 2. The van der Waals surface area contributed by atoms with Gasteiger partial charge in [0.2, 0.25) is 5.91 Å². The number of hydrogen-bond acceptors (Lipinski definition) is 7. The Bertz CT molecular complexity index is 1620. The van der Waals surface area contributed by atoms with E-state index < -0.39 is 0 Å². The van der Waals surface area contributed by atoms with E-state index in [1.165, 1.54) is 28.1 Å². The highest BCUT2D eigenvalue weighted by Gasteiger charge is 2.34. The van der Waals surface area contributed by atoms with Gasteiger partial charge in [-0.15, -0.1) is 0 Å². The van der Waals surface area contributed by atoms with E-state index in [9.17, 15) is 14.9 Å². The molecule has 1 saturated heterocycles. The Morgan fingerprint density at radius 3 is 2.61 bits per heavy atom. The van der Waals surface area contributed by atoms with Crippen LogP contribution in [0.1, 0.15) is 46.2 Å². The molecular formula is C35H43N7O2. The standard InChI is InChI=1S/C35H43N7O2/c1-7-31(43)42-19-18-41(21-27(42)14-16-36)34-25(4)33(35(44)37-24(3)20-39(5)6)38-29-22-40(17-15-28(29)34)30-13-9-12-26-11-8-10-23(2)32(26)30/h7-13,24,27H,1,14-15,17-22H2,2-6H3,(H,37,44). The lowest BCUT2D eigenvalue weighted by Gasteiger charge is -2.43. The van der Waals surface area contributed by atoms with E-state index in [2.05, 4.69) is 71.1 Å². The lowest BCUT2D eigenvalue weighted by atomic mass is 9.94. The molecule has 5 rings (SSSR count). The SMILES string of the molecule is C=CC(=O)N1CCN(c2c(C)c(C(=O)NC(C)CN(C)C)nc3c2CCN(c2cccc4cccc(C)c24)C3)CC1CC#N. The topological polar surface area (TPSA) is 95.8 Å². The third kappa shape index (κ3) is 6.13. The van der Waals surface area contributed by atoms with Crippen LogP contribution in [0.2, 0.25) is 0 Å². The molecule has 230 valence electrons. The molecule has 2 aromatic carbocycles. The number of benzene rings is 2. The zero-order valence-electron chi connectivity index (χ0n) is 26.6. The predicted octanol–water partition coefficient (Wildman–Crippen LogP) is 4.21. The maximum atomic E-state index is 13.8.